The average Bonchev–Trinajstić information content (AvgIpc) is 2.87. The monoisotopic (exact) mass is 469 g/mol. The van der Waals surface area contributed by atoms with Gasteiger partial charge in [0, 0.05) is 43.2 Å². The molecule has 8 heteroatoms. The Hall–Kier alpha value is -4.46. The van der Waals surface area contributed by atoms with Crippen LogP contribution >= 0.6 is 0 Å². The summed E-state index contributed by atoms with van der Waals surface area (Å²) in [5.41, 5.74) is 3.90. The summed E-state index contributed by atoms with van der Waals surface area (Å²) >= 11 is 0. The van der Waals surface area contributed by atoms with Crippen molar-refractivity contribution in [3.05, 3.63) is 106 Å². The molecule has 8 nitrogen and oxygen atoms in total. The predicted octanol–water partition coefficient (Wildman–Crippen LogP) is 4.30. The molecule has 0 bridgehead atoms. The first kappa shape index (κ1) is 23.7. The van der Waals surface area contributed by atoms with Gasteiger partial charge in [-0.3, -0.25) is 14.6 Å². The third-order valence-electron chi connectivity index (χ3n) is 5.66. The quantitative estimate of drug-likeness (QED) is 0.399. The fourth-order valence-electron chi connectivity index (χ4n) is 3.50. The number of benzene rings is 2. The highest BCUT2D eigenvalue weighted by Gasteiger charge is 2.15. The van der Waals surface area contributed by atoms with Gasteiger partial charge in [0.15, 0.2) is 11.4 Å². The molecule has 0 atom stereocenters. The molecule has 4 rings (SSSR count). The van der Waals surface area contributed by atoms with E-state index in [4.69, 9.17) is 4.74 Å². The molecule has 2 heterocycles. The zero-order chi connectivity index (χ0) is 24.8. The molecule has 1 amide bonds. The maximum Gasteiger partial charge on any atom is 0.294 e. The SMILES string of the molecule is Cc1cccc(Oc2cnn(C)c(=O)c2Nc2cccc(C(=O)NCCc3ccccn3)c2)c1C. The number of rotatable bonds is 8. The highest BCUT2D eigenvalue weighted by atomic mass is 16.5. The van der Waals surface area contributed by atoms with Gasteiger partial charge in [-0.15, -0.1) is 0 Å². The summed E-state index contributed by atoms with van der Waals surface area (Å²) in [5.74, 6) is 0.732. The molecule has 0 saturated heterocycles. The maximum atomic E-state index is 12.9. The third kappa shape index (κ3) is 5.73. The fourth-order valence-corrected chi connectivity index (χ4v) is 3.50. The number of amides is 1. The second kappa shape index (κ2) is 10.6. The van der Waals surface area contributed by atoms with E-state index in [1.165, 1.54) is 10.9 Å². The van der Waals surface area contributed by atoms with E-state index in [-0.39, 0.29) is 17.2 Å². The number of aryl methyl sites for hydroxylation is 2. The third-order valence-corrected chi connectivity index (χ3v) is 5.66. The molecule has 2 N–H and O–H groups in total. The average molecular weight is 470 g/mol. The second-order valence-electron chi connectivity index (χ2n) is 8.15. The Balaban J connectivity index is 1.52. The van der Waals surface area contributed by atoms with Gasteiger partial charge in [0.05, 0.1) is 6.20 Å². The minimum atomic E-state index is -0.349. The van der Waals surface area contributed by atoms with Gasteiger partial charge >= 0.3 is 0 Å². The lowest BCUT2D eigenvalue weighted by molar-refractivity contribution is 0.0954. The molecule has 0 aliphatic heterocycles. The van der Waals surface area contributed by atoms with Gasteiger partial charge in [-0.1, -0.05) is 24.3 Å². The summed E-state index contributed by atoms with van der Waals surface area (Å²) in [6.07, 6.45) is 3.87. The lowest BCUT2D eigenvalue weighted by atomic mass is 10.1. The zero-order valence-corrected chi connectivity index (χ0v) is 19.9. The van der Waals surface area contributed by atoms with Crippen molar-refractivity contribution in [3.63, 3.8) is 0 Å². The molecule has 0 radical (unpaired) electrons. The molecule has 2 aromatic carbocycles. The second-order valence-corrected chi connectivity index (χ2v) is 8.15. The van der Waals surface area contributed by atoms with Crippen LogP contribution in [0.3, 0.4) is 0 Å². The number of hydrogen-bond donors (Lipinski definition) is 2. The van der Waals surface area contributed by atoms with Gasteiger partial charge in [0.1, 0.15) is 5.75 Å². The Morgan fingerprint density at radius 1 is 1.03 bits per heavy atom. The van der Waals surface area contributed by atoms with Crippen LogP contribution in [-0.2, 0) is 13.5 Å². The first-order valence-electron chi connectivity index (χ1n) is 11.3. The number of ether oxygens (including phenoxy) is 1. The number of carbonyl (C=O) groups is 1. The molecular formula is C27H27N5O3. The smallest absolute Gasteiger partial charge is 0.294 e. The van der Waals surface area contributed by atoms with Crippen LogP contribution in [0.5, 0.6) is 11.5 Å². The number of anilines is 2. The first-order valence-corrected chi connectivity index (χ1v) is 11.3. The highest BCUT2D eigenvalue weighted by molar-refractivity contribution is 5.95. The summed E-state index contributed by atoms with van der Waals surface area (Å²) in [4.78, 5) is 29.8. The van der Waals surface area contributed by atoms with E-state index in [1.807, 2.05) is 50.2 Å². The van der Waals surface area contributed by atoms with Crippen LogP contribution < -0.4 is 20.9 Å². The van der Waals surface area contributed by atoms with Crippen molar-refractivity contribution in [3.8, 4) is 11.5 Å². The van der Waals surface area contributed by atoms with Gasteiger partial charge in [-0.05, 0) is 61.4 Å². The molecule has 0 saturated carbocycles. The minimum Gasteiger partial charge on any atom is -0.453 e. The van der Waals surface area contributed by atoms with Crippen LogP contribution in [0.4, 0.5) is 11.4 Å². The van der Waals surface area contributed by atoms with Crippen molar-refractivity contribution in [2.24, 2.45) is 7.05 Å². The number of carbonyl (C=O) groups excluding carboxylic acids is 1. The van der Waals surface area contributed by atoms with E-state index in [0.29, 0.717) is 35.7 Å². The number of nitrogens with one attached hydrogen (secondary N) is 2. The van der Waals surface area contributed by atoms with Crippen molar-refractivity contribution in [2.45, 2.75) is 20.3 Å². The van der Waals surface area contributed by atoms with Gasteiger partial charge < -0.3 is 15.4 Å². The summed E-state index contributed by atoms with van der Waals surface area (Å²) in [7, 11) is 1.57. The molecule has 2 aromatic heterocycles. The lowest BCUT2D eigenvalue weighted by Crippen LogP contribution is -2.26. The van der Waals surface area contributed by atoms with Gasteiger partial charge in [-0.25, -0.2) is 4.68 Å². The minimum absolute atomic E-state index is 0.209. The molecule has 178 valence electrons. The normalized spacial score (nSPS) is 10.6. The van der Waals surface area contributed by atoms with Gasteiger partial charge in [0.25, 0.3) is 11.5 Å². The Bertz CT molecular complexity index is 1400. The lowest BCUT2D eigenvalue weighted by Gasteiger charge is -2.15. The fraction of sp³-hybridized carbons (Fsp3) is 0.185. The molecule has 0 unspecified atom stereocenters. The summed E-state index contributed by atoms with van der Waals surface area (Å²) in [5, 5.41) is 10.1. The maximum absolute atomic E-state index is 12.9. The topological polar surface area (TPSA) is 98.1 Å². The molecular weight excluding hydrogens is 442 g/mol. The Kier molecular flexibility index (Phi) is 7.21. The van der Waals surface area contributed by atoms with E-state index in [9.17, 15) is 9.59 Å². The van der Waals surface area contributed by atoms with Crippen LogP contribution in [-0.4, -0.2) is 27.2 Å². The Labute approximate surface area is 203 Å². The van der Waals surface area contributed by atoms with Crippen molar-refractivity contribution in [1.29, 1.82) is 0 Å². The van der Waals surface area contributed by atoms with Gasteiger partial charge in [0.2, 0.25) is 0 Å². The van der Waals surface area contributed by atoms with Crippen LogP contribution in [0.1, 0.15) is 27.2 Å². The van der Waals surface area contributed by atoms with Crippen molar-refractivity contribution < 1.29 is 9.53 Å². The molecule has 4 aromatic rings. The molecule has 0 fully saturated rings. The number of pyridine rings is 1. The van der Waals surface area contributed by atoms with Crippen molar-refractivity contribution in [1.82, 2.24) is 20.1 Å². The molecule has 35 heavy (non-hydrogen) atoms. The van der Waals surface area contributed by atoms with Crippen LogP contribution in [0.2, 0.25) is 0 Å². The summed E-state index contributed by atoms with van der Waals surface area (Å²) < 4.78 is 7.31. The van der Waals surface area contributed by atoms with Crippen molar-refractivity contribution >= 4 is 17.3 Å². The van der Waals surface area contributed by atoms with Crippen LogP contribution in [0, 0.1) is 13.8 Å². The molecule has 0 spiro atoms. The molecule has 0 aliphatic carbocycles. The number of hydrogen-bond acceptors (Lipinski definition) is 6. The van der Waals surface area contributed by atoms with E-state index >= 15 is 0 Å². The Morgan fingerprint density at radius 3 is 2.66 bits per heavy atom. The first-order chi connectivity index (χ1) is 16.9. The van der Waals surface area contributed by atoms with Crippen LogP contribution in [0.25, 0.3) is 0 Å². The molecule has 0 aliphatic rings. The van der Waals surface area contributed by atoms with E-state index < -0.39 is 0 Å². The van der Waals surface area contributed by atoms with E-state index in [0.717, 1.165) is 16.8 Å². The zero-order valence-electron chi connectivity index (χ0n) is 19.9. The predicted molar refractivity (Wildman–Crippen MR) is 135 cm³/mol. The van der Waals surface area contributed by atoms with E-state index in [1.54, 1.807) is 37.5 Å². The summed E-state index contributed by atoms with van der Waals surface area (Å²) in [6.45, 7) is 4.42. The van der Waals surface area contributed by atoms with Crippen molar-refractivity contribution in [2.75, 3.05) is 11.9 Å². The number of nitrogens with zero attached hydrogens (tertiary/aromatic N) is 3. The van der Waals surface area contributed by atoms with Gasteiger partial charge in [-0.2, -0.15) is 5.10 Å². The van der Waals surface area contributed by atoms with Crippen LogP contribution in [0.15, 0.2) is 77.9 Å². The highest BCUT2D eigenvalue weighted by Crippen LogP contribution is 2.31. The summed E-state index contributed by atoms with van der Waals surface area (Å²) in [6, 6.07) is 18.4. The van der Waals surface area contributed by atoms with E-state index in [2.05, 4.69) is 20.7 Å². The standard InChI is InChI=1S/C27H27N5O3/c1-18-8-6-12-23(19(18)2)35-24-17-30-32(3)27(34)25(24)31-22-11-7-9-20(16-22)26(33)29-15-13-21-10-4-5-14-28-21/h4-12,14,16-17,31H,13,15H2,1-3H3,(H,29,33). The largest absolute Gasteiger partial charge is 0.453 e. The Morgan fingerprint density at radius 2 is 1.86 bits per heavy atom. The number of aromatic nitrogens is 3.